The summed E-state index contributed by atoms with van der Waals surface area (Å²) < 4.78 is 11.6. The molecule has 0 saturated carbocycles. The summed E-state index contributed by atoms with van der Waals surface area (Å²) in [6.07, 6.45) is 4.69. The second-order valence-corrected chi connectivity index (χ2v) is 14.0. The van der Waals surface area contributed by atoms with Crippen LogP contribution in [0.15, 0.2) is 30.3 Å². The number of aryl methyl sites for hydroxylation is 1. The van der Waals surface area contributed by atoms with Gasteiger partial charge >= 0.3 is 5.97 Å². The number of methoxy groups -OCH3 is 2. The van der Waals surface area contributed by atoms with Gasteiger partial charge in [-0.05, 0) is 52.1 Å². The number of rotatable bonds is 18. The Morgan fingerprint density at radius 1 is 0.962 bits per heavy atom. The number of nitrogens with one attached hydrogen (secondary N) is 2. The van der Waals surface area contributed by atoms with Crippen LogP contribution in [0.3, 0.4) is 0 Å². The molecule has 306 valence electrons. The standard InChI is InChI=1S/C27H52N4O5.C7H8.C3H5NO3.C3H8/c1-11-19(5)25(30(8)24(33)17-28-27(34)20(12-2)29(6)7)22(35-9)16-23(32)31-15-13-14-21(31)26(36-10)18(3)4;1-7-5-3-2-4-6-7;5-2-4-1-3(6)7;1-3-2/h18-22,25-26H,11-17H2,1-10H3,(H,28,34);2-6H,1H3;2H,1H2,(H,4,5)(H,6,7);3H2,1-2H3. The quantitative estimate of drug-likeness (QED) is 0.182. The van der Waals surface area contributed by atoms with Crippen LogP contribution in [0.2, 0.25) is 0 Å². The first-order chi connectivity index (χ1) is 25.0. The van der Waals surface area contributed by atoms with Crippen LogP contribution in [-0.2, 0) is 33.4 Å². The van der Waals surface area contributed by atoms with E-state index in [1.807, 2.05) is 54.3 Å². The zero-order valence-corrected chi connectivity index (χ0v) is 35.0. The molecular weight excluding hydrogens is 678 g/mol. The van der Waals surface area contributed by atoms with E-state index in [0.29, 0.717) is 25.3 Å². The summed E-state index contributed by atoms with van der Waals surface area (Å²) in [5, 5.41) is 12.6. The monoisotopic (exact) mass is 752 g/mol. The average molecular weight is 752 g/mol. The molecule has 1 fully saturated rings. The fourth-order valence-corrected chi connectivity index (χ4v) is 6.21. The number of carboxylic acid groups (broad SMARTS) is 1. The van der Waals surface area contributed by atoms with Crippen molar-refractivity contribution >= 4 is 30.1 Å². The summed E-state index contributed by atoms with van der Waals surface area (Å²) in [5.74, 6) is -0.957. The van der Waals surface area contributed by atoms with Crippen LogP contribution in [0.25, 0.3) is 0 Å². The Hall–Kier alpha value is -3.55. The van der Waals surface area contributed by atoms with Crippen molar-refractivity contribution in [1.29, 1.82) is 0 Å². The maximum absolute atomic E-state index is 13.5. The van der Waals surface area contributed by atoms with Crippen molar-refractivity contribution in [2.24, 2.45) is 11.8 Å². The molecule has 53 heavy (non-hydrogen) atoms. The smallest absolute Gasteiger partial charge is 0.322 e. The van der Waals surface area contributed by atoms with Gasteiger partial charge in [0.2, 0.25) is 24.1 Å². The van der Waals surface area contributed by atoms with Crippen LogP contribution in [0.4, 0.5) is 0 Å². The zero-order valence-electron chi connectivity index (χ0n) is 35.0. The van der Waals surface area contributed by atoms with Crippen LogP contribution in [-0.4, -0.2) is 135 Å². The predicted molar refractivity (Wildman–Crippen MR) is 211 cm³/mol. The number of ether oxygens (including phenoxy) is 2. The molecule has 0 bridgehead atoms. The highest BCUT2D eigenvalue weighted by atomic mass is 16.5. The fourth-order valence-electron chi connectivity index (χ4n) is 6.21. The van der Waals surface area contributed by atoms with Crippen molar-refractivity contribution < 1.29 is 38.6 Å². The van der Waals surface area contributed by atoms with E-state index in [2.05, 4.69) is 65.9 Å². The summed E-state index contributed by atoms with van der Waals surface area (Å²) in [7, 11) is 8.75. The van der Waals surface area contributed by atoms with Gasteiger partial charge in [-0.2, -0.15) is 0 Å². The fraction of sp³-hybridized carbons (Fsp3) is 0.725. The van der Waals surface area contributed by atoms with Gasteiger partial charge in [0, 0.05) is 27.8 Å². The number of amides is 4. The molecular formula is C40H73N5O8. The van der Waals surface area contributed by atoms with E-state index >= 15 is 0 Å². The van der Waals surface area contributed by atoms with Gasteiger partial charge < -0.3 is 35.0 Å². The van der Waals surface area contributed by atoms with Crippen molar-refractivity contribution in [3.8, 4) is 0 Å². The summed E-state index contributed by atoms with van der Waals surface area (Å²) in [5.41, 5.74) is 1.32. The third-order valence-electron chi connectivity index (χ3n) is 9.06. The molecule has 1 heterocycles. The second-order valence-electron chi connectivity index (χ2n) is 14.0. The molecule has 13 nitrogen and oxygen atoms in total. The topological polar surface area (TPSA) is 158 Å². The highest BCUT2D eigenvalue weighted by molar-refractivity contribution is 5.87. The number of aliphatic carboxylic acids is 1. The van der Waals surface area contributed by atoms with E-state index in [0.717, 1.165) is 19.3 Å². The summed E-state index contributed by atoms with van der Waals surface area (Å²) in [6.45, 7) is 17.0. The summed E-state index contributed by atoms with van der Waals surface area (Å²) >= 11 is 0. The van der Waals surface area contributed by atoms with E-state index in [9.17, 15) is 24.0 Å². The van der Waals surface area contributed by atoms with Gasteiger partial charge in [0.05, 0.1) is 43.3 Å². The number of carbonyl (C=O) groups excluding carboxylic acids is 4. The third kappa shape index (κ3) is 20.5. The first-order valence-electron chi connectivity index (χ1n) is 19.0. The van der Waals surface area contributed by atoms with Crippen molar-refractivity contribution in [3.05, 3.63) is 35.9 Å². The minimum Gasteiger partial charge on any atom is -0.480 e. The third-order valence-corrected chi connectivity index (χ3v) is 9.06. The molecule has 0 radical (unpaired) electrons. The van der Waals surface area contributed by atoms with Crippen molar-refractivity contribution in [3.63, 3.8) is 0 Å². The van der Waals surface area contributed by atoms with E-state index in [1.165, 1.54) is 12.0 Å². The predicted octanol–water partition coefficient (Wildman–Crippen LogP) is 4.61. The maximum atomic E-state index is 13.5. The molecule has 3 N–H and O–H groups in total. The van der Waals surface area contributed by atoms with Crippen molar-refractivity contribution in [2.45, 2.75) is 124 Å². The molecule has 1 aromatic rings. The molecule has 1 aliphatic rings. The minimum atomic E-state index is -1.04. The van der Waals surface area contributed by atoms with Crippen LogP contribution >= 0.6 is 0 Å². The average Bonchev–Trinajstić information content (AvgIpc) is 3.60. The largest absolute Gasteiger partial charge is 0.480 e. The molecule has 1 saturated heterocycles. The Kier molecular flexibility index (Phi) is 29.0. The van der Waals surface area contributed by atoms with E-state index in [4.69, 9.17) is 14.6 Å². The lowest BCUT2D eigenvalue weighted by Gasteiger charge is -2.39. The van der Waals surface area contributed by atoms with Crippen LogP contribution in [0, 0.1) is 18.8 Å². The van der Waals surface area contributed by atoms with Gasteiger partial charge in [-0.15, -0.1) is 0 Å². The number of hydrogen-bond acceptors (Lipinski definition) is 8. The van der Waals surface area contributed by atoms with E-state index < -0.39 is 12.1 Å². The number of likely N-dealkylation sites (tertiary alicyclic amines) is 1. The van der Waals surface area contributed by atoms with Gasteiger partial charge in [-0.1, -0.05) is 97.2 Å². The summed E-state index contributed by atoms with van der Waals surface area (Å²) in [4.78, 5) is 63.5. The normalized spacial score (nSPS) is 16.2. The molecule has 1 aromatic carbocycles. The van der Waals surface area contributed by atoms with Crippen LogP contribution < -0.4 is 10.6 Å². The molecule has 4 amide bonds. The number of hydrogen-bond donors (Lipinski definition) is 3. The maximum Gasteiger partial charge on any atom is 0.322 e. The van der Waals surface area contributed by atoms with Crippen LogP contribution in [0.1, 0.15) is 92.6 Å². The molecule has 1 aliphatic heterocycles. The number of carbonyl (C=O) groups is 5. The Labute approximate surface area is 320 Å². The Balaban J connectivity index is 0. The Morgan fingerprint density at radius 2 is 1.55 bits per heavy atom. The molecule has 0 spiro atoms. The molecule has 6 unspecified atom stereocenters. The minimum absolute atomic E-state index is 0.00946. The molecule has 6 atom stereocenters. The van der Waals surface area contributed by atoms with Gasteiger partial charge in [-0.3, -0.25) is 28.9 Å². The van der Waals surface area contributed by atoms with E-state index in [-0.39, 0.29) is 67.4 Å². The number of nitrogens with zero attached hydrogens (tertiary/aromatic N) is 3. The van der Waals surface area contributed by atoms with Gasteiger partial charge in [0.15, 0.2) is 0 Å². The Bertz CT molecular complexity index is 1150. The van der Waals surface area contributed by atoms with Crippen molar-refractivity contribution in [1.82, 2.24) is 25.3 Å². The number of likely N-dealkylation sites (N-methyl/N-ethyl adjacent to an activating group) is 2. The first-order valence-corrected chi connectivity index (χ1v) is 19.0. The van der Waals surface area contributed by atoms with Gasteiger partial charge in [0.1, 0.15) is 6.54 Å². The highest BCUT2D eigenvalue weighted by Crippen LogP contribution is 2.28. The zero-order chi connectivity index (χ0) is 41.1. The molecule has 0 aliphatic carbocycles. The molecule has 0 aromatic heterocycles. The molecule has 2 rings (SSSR count). The van der Waals surface area contributed by atoms with Crippen LogP contribution in [0.5, 0.6) is 0 Å². The second kappa shape index (κ2) is 29.9. The lowest BCUT2D eigenvalue weighted by atomic mass is 9.90. The lowest BCUT2D eigenvalue weighted by Crippen LogP contribution is -2.54. The lowest BCUT2D eigenvalue weighted by molar-refractivity contribution is -0.144. The first kappa shape index (κ1) is 51.6. The SMILES string of the molecule is CCC.CCC(C)C(C(CC(=O)N1CCCC1C(OC)C(C)C)OC)N(C)C(=O)CNC(=O)C(CC)N(C)C.Cc1ccccc1.O=CNCC(=O)O. The number of carboxylic acids is 1. The van der Waals surface area contributed by atoms with Crippen molar-refractivity contribution in [2.75, 3.05) is 55.0 Å². The van der Waals surface area contributed by atoms with Gasteiger partial charge in [0.25, 0.3) is 0 Å². The van der Waals surface area contributed by atoms with E-state index in [1.54, 1.807) is 26.2 Å². The number of benzene rings is 1. The van der Waals surface area contributed by atoms with Gasteiger partial charge in [-0.25, -0.2) is 0 Å². The summed E-state index contributed by atoms with van der Waals surface area (Å²) in [6, 6.07) is 9.74. The Morgan fingerprint density at radius 3 is 1.92 bits per heavy atom. The molecule has 13 heteroatoms. The highest BCUT2D eigenvalue weighted by Gasteiger charge is 2.40.